The number of rotatable bonds is 1. The topological polar surface area (TPSA) is 118 Å². The van der Waals surface area contributed by atoms with Crippen LogP contribution in [0.4, 0.5) is 5.82 Å². The van der Waals surface area contributed by atoms with Crippen LogP contribution in [0.2, 0.25) is 5.02 Å². The Balaban J connectivity index is 2.39. The van der Waals surface area contributed by atoms with Crippen LogP contribution in [0.15, 0.2) is 27.5 Å². The molecule has 1 aliphatic heterocycles. The Labute approximate surface area is 142 Å². The summed E-state index contributed by atoms with van der Waals surface area (Å²) in [5, 5.41) is 11.1. The number of amides is 2. The molecule has 23 heavy (non-hydrogen) atoms. The lowest BCUT2D eigenvalue weighted by Crippen LogP contribution is -2.24. The first-order valence-electron chi connectivity index (χ1n) is 6.16. The summed E-state index contributed by atoms with van der Waals surface area (Å²) >= 11 is 9.38. The maximum absolute atomic E-state index is 12.4. The number of halogens is 2. The fraction of sp³-hybridized carbons (Fsp3) is 0. The van der Waals surface area contributed by atoms with Crippen LogP contribution in [0.1, 0.15) is 26.3 Å². The van der Waals surface area contributed by atoms with E-state index in [4.69, 9.17) is 22.6 Å². The number of nitriles is 1. The van der Waals surface area contributed by atoms with E-state index in [9.17, 15) is 14.4 Å². The molecule has 7 nitrogen and oxygen atoms in total. The highest BCUT2D eigenvalue weighted by molar-refractivity contribution is 9.10. The smallest absolute Gasteiger partial charge is 0.262 e. The number of carbonyl (C=O) groups excluding carboxylic acids is 2. The summed E-state index contributed by atoms with van der Waals surface area (Å²) in [6, 6.07) is 5.78. The average molecular weight is 394 g/mol. The van der Waals surface area contributed by atoms with Crippen LogP contribution in [0.5, 0.6) is 0 Å². The Morgan fingerprint density at radius 2 is 1.91 bits per heavy atom. The number of pyridine rings is 1. The molecule has 0 bridgehead atoms. The van der Waals surface area contributed by atoms with Crippen molar-refractivity contribution < 1.29 is 9.59 Å². The van der Waals surface area contributed by atoms with Crippen molar-refractivity contribution in [3.8, 4) is 11.8 Å². The fourth-order valence-corrected chi connectivity index (χ4v) is 3.41. The number of nitrogens with zero attached hydrogens (tertiary/aromatic N) is 2. The van der Waals surface area contributed by atoms with Crippen molar-refractivity contribution in [2.75, 3.05) is 5.73 Å². The maximum atomic E-state index is 12.4. The van der Waals surface area contributed by atoms with E-state index in [2.05, 4.69) is 21.2 Å². The van der Waals surface area contributed by atoms with Crippen molar-refractivity contribution in [1.82, 2.24) is 9.88 Å². The zero-order valence-electron chi connectivity index (χ0n) is 11.2. The zero-order chi connectivity index (χ0) is 16.9. The third-order valence-corrected chi connectivity index (χ3v) is 4.22. The lowest BCUT2D eigenvalue weighted by molar-refractivity contribution is 0.0880. The molecule has 0 saturated heterocycles. The molecule has 9 heteroatoms. The van der Waals surface area contributed by atoms with E-state index in [1.54, 1.807) is 0 Å². The molecule has 114 valence electrons. The highest BCUT2D eigenvalue weighted by atomic mass is 79.9. The molecule has 3 N–H and O–H groups in total. The number of anilines is 1. The van der Waals surface area contributed by atoms with Gasteiger partial charge >= 0.3 is 0 Å². The summed E-state index contributed by atoms with van der Waals surface area (Å²) in [6.07, 6.45) is 0. The second-order valence-electron chi connectivity index (χ2n) is 4.68. The molecule has 1 aliphatic rings. The lowest BCUT2D eigenvalue weighted by Gasteiger charge is -2.15. The molecule has 0 unspecified atom stereocenters. The van der Waals surface area contributed by atoms with E-state index >= 15 is 0 Å². The predicted molar refractivity (Wildman–Crippen MR) is 85.7 cm³/mol. The van der Waals surface area contributed by atoms with Gasteiger partial charge in [0.2, 0.25) is 0 Å². The quantitative estimate of drug-likeness (QED) is 0.713. The first-order chi connectivity index (χ1) is 10.8. The first-order valence-corrected chi connectivity index (χ1v) is 7.33. The molecule has 2 amide bonds. The van der Waals surface area contributed by atoms with Gasteiger partial charge in [0.05, 0.1) is 33.5 Å². The minimum Gasteiger partial charge on any atom is -0.384 e. The second kappa shape index (κ2) is 5.22. The summed E-state index contributed by atoms with van der Waals surface area (Å²) < 4.78 is 1.37. The number of fused-ring (bicyclic) bond motifs is 1. The monoisotopic (exact) mass is 392 g/mol. The highest BCUT2D eigenvalue weighted by Crippen LogP contribution is 2.32. The van der Waals surface area contributed by atoms with Gasteiger partial charge in [0.15, 0.2) is 0 Å². The van der Waals surface area contributed by atoms with Crippen LogP contribution in [0, 0.1) is 11.3 Å². The summed E-state index contributed by atoms with van der Waals surface area (Å²) in [5.41, 5.74) is 5.62. The minimum absolute atomic E-state index is 0.0744. The number of carbonyl (C=O) groups is 2. The molecule has 1 aromatic heterocycles. The molecule has 1 aromatic carbocycles. The van der Waals surface area contributed by atoms with Gasteiger partial charge < -0.3 is 5.73 Å². The van der Waals surface area contributed by atoms with Gasteiger partial charge in [-0.3, -0.25) is 24.3 Å². The Kier molecular flexibility index (Phi) is 3.47. The number of imide groups is 1. The molecule has 0 spiro atoms. The van der Waals surface area contributed by atoms with Crippen molar-refractivity contribution in [1.29, 1.82) is 5.26 Å². The third-order valence-electron chi connectivity index (χ3n) is 3.32. The summed E-state index contributed by atoms with van der Waals surface area (Å²) in [7, 11) is 0. The van der Waals surface area contributed by atoms with E-state index in [-0.39, 0.29) is 33.2 Å². The van der Waals surface area contributed by atoms with Crippen molar-refractivity contribution >= 4 is 45.2 Å². The van der Waals surface area contributed by atoms with E-state index in [1.165, 1.54) is 12.1 Å². The molecule has 0 saturated carbocycles. The van der Waals surface area contributed by atoms with Crippen molar-refractivity contribution in [3.63, 3.8) is 0 Å². The largest absolute Gasteiger partial charge is 0.384 e. The molecule has 2 aromatic rings. The molecule has 2 heterocycles. The normalized spacial score (nSPS) is 12.7. The van der Waals surface area contributed by atoms with Gasteiger partial charge in [0.25, 0.3) is 17.4 Å². The zero-order valence-corrected chi connectivity index (χ0v) is 13.5. The second-order valence-corrected chi connectivity index (χ2v) is 5.94. The van der Waals surface area contributed by atoms with Gasteiger partial charge in [0, 0.05) is 10.5 Å². The standard InChI is InChI=1S/C14H6BrClN4O3/c15-7-1-5(4-17)2-8(16)11(7)20-9(21)3-6-10(12(20)18)14(23)19-13(6)22/h1-3H,18H2,(H,19,22,23). The molecular weight excluding hydrogens is 388 g/mol. The maximum Gasteiger partial charge on any atom is 0.262 e. The Bertz CT molecular complexity index is 983. The van der Waals surface area contributed by atoms with Crippen molar-refractivity contribution in [3.05, 3.63) is 54.7 Å². The van der Waals surface area contributed by atoms with Crippen LogP contribution in [0.25, 0.3) is 5.69 Å². The molecule has 3 rings (SSSR count). The Morgan fingerprint density at radius 1 is 1.22 bits per heavy atom. The number of hydrogen-bond acceptors (Lipinski definition) is 5. The molecule has 0 aliphatic carbocycles. The van der Waals surface area contributed by atoms with Crippen molar-refractivity contribution in [2.24, 2.45) is 0 Å². The van der Waals surface area contributed by atoms with Gasteiger partial charge in [-0.2, -0.15) is 5.26 Å². The summed E-state index contributed by atoms with van der Waals surface area (Å²) in [6.45, 7) is 0. The van der Waals surface area contributed by atoms with E-state index in [1.807, 2.05) is 6.07 Å². The van der Waals surface area contributed by atoms with Crippen LogP contribution >= 0.6 is 27.5 Å². The van der Waals surface area contributed by atoms with Crippen LogP contribution in [0.3, 0.4) is 0 Å². The average Bonchev–Trinajstić information content (AvgIpc) is 2.75. The third kappa shape index (κ3) is 2.21. The van der Waals surface area contributed by atoms with Gasteiger partial charge in [-0.15, -0.1) is 0 Å². The lowest BCUT2D eigenvalue weighted by atomic mass is 10.1. The van der Waals surface area contributed by atoms with Gasteiger partial charge in [-0.25, -0.2) is 0 Å². The number of nitrogens with two attached hydrogens (primary N) is 1. The van der Waals surface area contributed by atoms with E-state index in [0.717, 1.165) is 10.6 Å². The van der Waals surface area contributed by atoms with Crippen molar-refractivity contribution in [2.45, 2.75) is 0 Å². The summed E-state index contributed by atoms with van der Waals surface area (Å²) in [4.78, 5) is 35.8. The number of hydrogen-bond donors (Lipinski definition) is 2. The van der Waals surface area contributed by atoms with Crippen LogP contribution in [-0.4, -0.2) is 16.4 Å². The van der Waals surface area contributed by atoms with Crippen LogP contribution < -0.4 is 16.6 Å². The number of aromatic nitrogens is 1. The SMILES string of the molecule is N#Cc1cc(Cl)c(-n2c(N)c3c(cc2=O)C(=O)NC3=O)c(Br)c1. The first kappa shape index (κ1) is 15.3. The highest BCUT2D eigenvalue weighted by Gasteiger charge is 2.32. The number of benzene rings is 1. The number of nitrogens with one attached hydrogen (secondary N) is 1. The van der Waals surface area contributed by atoms with Gasteiger partial charge in [-0.1, -0.05) is 11.6 Å². The molecule has 0 fully saturated rings. The molecule has 0 radical (unpaired) electrons. The molecule has 0 atom stereocenters. The number of nitrogen functional groups attached to an aromatic ring is 1. The summed E-state index contributed by atoms with van der Waals surface area (Å²) in [5.74, 6) is -1.56. The minimum atomic E-state index is -0.683. The van der Waals surface area contributed by atoms with E-state index < -0.39 is 17.4 Å². The molecular formula is C14H6BrClN4O3. The Morgan fingerprint density at radius 3 is 2.52 bits per heavy atom. The van der Waals surface area contributed by atoms with Crippen LogP contribution in [-0.2, 0) is 0 Å². The van der Waals surface area contributed by atoms with E-state index in [0.29, 0.717) is 4.47 Å². The Hall–Kier alpha value is -2.63. The predicted octanol–water partition coefficient (Wildman–Crippen LogP) is 1.59. The van der Waals surface area contributed by atoms with Gasteiger partial charge in [0.1, 0.15) is 5.82 Å². The fourth-order valence-electron chi connectivity index (χ4n) is 2.35. The van der Waals surface area contributed by atoms with Gasteiger partial charge in [-0.05, 0) is 28.1 Å².